The molecule has 1 aliphatic rings. The van der Waals surface area contributed by atoms with Gasteiger partial charge < -0.3 is 4.74 Å². The number of carbonyl (C=O) groups is 1. The highest BCUT2D eigenvalue weighted by molar-refractivity contribution is 5.78. The van der Waals surface area contributed by atoms with Gasteiger partial charge in [0.2, 0.25) is 0 Å². The van der Waals surface area contributed by atoms with Crippen LogP contribution in [0.2, 0.25) is 0 Å². The van der Waals surface area contributed by atoms with Gasteiger partial charge in [-0.1, -0.05) is 32.9 Å². The third-order valence-corrected chi connectivity index (χ3v) is 5.02. The first-order valence-corrected chi connectivity index (χ1v) is 8.12. The van der Waals surface area contributed by atoms with E-state index >= 15 is 0 Å². The Morgan fingerprint density at radius 1 is 1.17 bits per heavy atom. The molecule has 0 amide bonds. The fourth-order valence-corrected chi connectivity index (χ4v) is 3.33. The summed E-state index contributed by atoms with van der Waals surface area (Å²) in [5, 5.41) is 0. The molecule has 0 saturated heterocycles. The van der Waals surface area contributed by atoms with Crippen molar-refractivity contribution in [3.05, 3.63) is 46.3 Å². The monoisotopic (exact) mass is 340 g/mol. The van der Waals surface area contributed by atoms with E-state index < -0.39 is 30.0 Å². The van der Waals surface area contributed by atoms with Crippen LogP contribution in [-0.4, -0.2) is 5.97 Å². The van der Waals surface area contributed by atoms with Gasteiger partial charge >= 0.3 is 5.97 Å². The lowest BCUT2D eigenvalue weighted by molar-refractivity contribution is -0.147. The lowest BCUT2D eigenvalue weighted by Crippen LogP contribution is -2.14. The molecule has 0 heterocycles. The van der Waals surface area contributed by atoms with Gasteiger partial charge in [-0.05, 0) is 37.2 Å². The van der Waals surface area contributed by atoms with Crippen molar-refractivity contribution >= 4 is 5.97 Å². The van der Waals surface area contributed by atoms with Crippen LogP contribution in [-0.2, 0) is 22.6 Å². The lowest BCUT2D eigenvalue weighted by Gasteiger charge is -2.14. The van der Waals surface area contributed by atoms with Gasteiger partial charge in [0, 0.05) is 11.1 Å². The molecule has 1 aromatic carbocycles. The Bertz CT molecular complexity index is 693. The van der Waals surface area contributed by atoms with E-state index in [9.17, 15) is 18.0 Å². The lowest BCUT2D eigenvalue weighted by atomic mass is 10.0. The number of hydrogen-bond acceptors (Lipinski definition) is 2. The number of esters is 1. The number of benzene rings is 1. The molecule has 24 heavy (non-hydrogen) atoms. The second-order valence-corrected chi connectivity index (χ2v) is 6.84. The zero-order valence-corrected chi connectivity index (χ0v) is 14.7. The second kappa shape index (κ2) is 6.61. The molecule has 1 aliphatic carbocycles. The molecule has 0 bridgehead atoms. The van der Waals surface area contributed by atoms with Crippen LogP contribution in [0.3, 0.4) is 0 Å². The molecule has 2 rings (SSSR count). The molecular weight excluding hydrogens is 317 g/mol. The minimum atomic E-state index is -1.23. The van der Waals surface area contributed by atoms with Gasteiger partial charge in [0.15, 0.2) is 11.6 Å². The quantitative estimate of drug-likeness (QED) is 0.434. The summed E-state index contributed by atoms with van der Waals surface area (Å²) in [5.41, 5.74) is -0.734. The Morgan fingerprint density at radius 2 is 1.79 bits per heavy atom. The number of hydrogen-bond donors (Lipinski definition) is 0. The summed E-state index contributed by atoms with van der Waals surface area (Å²) in [6, 6.07) is 0. The SMILES string of the molecule is CC=C[C@@H]1[C@@H](C(=O)OCc2c(F)c(F)c(C)c(F)c2CC)C1(C)C. The van der Waals surface area contributed by atoms with E-state index in [1.165, 1.54) is 6.92 Å². The summed E-state index contributed by atoms with van der Waals surface area (Å²) in [7, 11) is 0. The number of rotatable bonds is 5. The summed E-state index contributed by atoms with van der Waals surface area (Å²) in [6.45, 7) is 8.15. The van der Waals surface area contributed by atoms with Gasteiger partial charge in [-0.15, -0.1) is 0 Å². The second-order valence-electron chi connectivity index (χ2n) is 6.84. The van der Waals surface area contributed by atoms with Crippen molar-refractivity contribution in [2.24, 2.45) is 17.3 Å². The van der Waals surface area contributed by atoms with Gasteiger partial charge in [-0.25, -0.2) is 13.2 Å². The maximum Gasteiger partial charge on any atom is 0.310 e. The first kappa shape index (κ1) is 18.6. The van der Waals surface area contributed by atoms with Crippen LogP contribution in [0.15, 0.2) is 12.2 Å². The summed E-state index contributed by atoms with van der Waals surface area (Å²) < 4.78 is 47.3. The summed E-state index contributed by atoms with van der Waals surface area (Å²) >= 11 is 0. The van der Waals surface area contributed by atoms with Crippen molar-refractivity contribution in [1.29, 1.82) is 0 Å². The standard InChI is InChI=1S/C19H23F3O2/c1-6-8-13-14(19(13,4)5)18(23)24-9-12-11(7-2)15(20)10(3)16(21)17(12)22/h6,8,13-14H,7,9H2,1-5H3/t13-,14+/m1/s1. The molecule has 0 aromatic heterocycles. The average Bonchev–Trinajstić information content (AvgIpc) is 3.08. The minimum absolute atomic E-state index is 0.0549. The van der Waals surface area contributed by atoms with Crippen molar-refractivity contribution in [3.63, 3.8) is 0 Å². The normalized spacial score (nSPS) is 22.0. The molecule has 1 aromatic rings. The van der Waals surface area contributed by atoms with Gasteiger partial charge in [0.25, 0.3) is 0 Å². The summed E-state index contributed by atoms with van der Waals surface area (Å²) in [5.74, 6) is -3.86. The number of allylic oxidation sites excluding steroid dienone is 2. The van der Waals surface area contributed by atoms with Crippen LogP contribution >= 0.6 is 0 Å². The molecule has 0 unspecified atom stereocenters. The molecule has 5 heteroatoms. The summed E-state index contributed by atoms with van der Waals surface area (Å²) in [6.07, 6.45) is 4.00. The zero-order chi connectivity index (χ0) is 18.2. The highest BCUT2D eigenvalue weighted by Crippen LogP contribution is 2.59. The van der Waals surface area contributed by atoms with Crippen LogP contribution in [0.5, 0.6) is 0 Å². The van der Waals surface area contributed by atoms with Gasteiger partial charge in [0.1, 0.15) is 12.4 Å². The first-order chi connectivity index (χ1) is 11.2. The number of halogens is 3. The maximum absolute atomic E-state index is 14.2. The van der Waals surface area contributed by atoms with Gasteiger partial charge in [-0.2, -0.15) is 0 Å². The Balaban J connectivity index is 2.20. The molecule has 2 nitrogen and oxygen atoms in total. The van der Waals surface area contributed by atoms with Gasteiger partial charge in [-0.3, -0.25) is 4.79 Å². The van der Waals surface area contributed by atoms with Crippen molar-refractivity contribution in [2.75, 3.05) is 0 Å². The Kier molecular flexibility index (Phi) is 5.11. The van der Waals surface area contributed by atoms with Crippen LogP contribution < -0.4 is 0 Å². The largest absolute Gasteiger partial charge is 0.460 e. The van der Waals surface area contributed by atoms with Crippen molar-refractivity contribution in [2.45, 2.75) is 47.6 Å². The predicted octanol–water partition coefficient (Wildman–Crippen LogP) is 4.87. The fraction of sp³-hybridized carbons (Fsp3) is 0.526. The van der Waals surface area contributed by atoms with E-state index in [1.807, 2.05) is 32.9 Å². The molecule has 1 fully saturated rings. The number of ether oxygens (including phenoxy) is 1. The minimum Gasteiger partial charge on any atom is -0.460 e. The van der Waals surface area contributed by atoms with Gasteiger partial charge in [0.05, 0.1) is 5.92 Å². The molecule has 0 N–H and O–H groups in total. The van der Waals surface area contributed by atoms with Crippen LogP contribution in [0.1, 0.15) is 44.4 Å². The van der Waals surface area contributed by atoms with Crippen LogP contribution in [0, 0.1) is 41.6 Å². The molecular formula is C19H23F3O2. The average molecular weight is 340 g/mol. The summed E-state index contributed by atoms with van der Waals surface area (Å²) in [4.78, 5) is 12.3. The Morgan fingerprint density at radius 3 is 2.33 bits per heavy atom. The van der Waals surface area contributed by atoms with Crippen molar-refractivity contribution < 1.29 is 22.7 Å². The van der Waals surface area contributed by atoms with Crippen LogP contribution in [0.25, 0.3) is 0 Å². The molecule has 0 radical (unpaired) electrons. The van der Waals surface area contributed by atoms with Crippen molar-refractivity contribution in [1.82, 2.24) is 0 Å². The number of carbonyl (C=O) groups excluding carboxylic acids is 1. The highest BCUT2D eigenvalue weighted by atomic mass is 19.2. The first-order valence-electron chi connectivity index (χ1n) is 8.12. The van der Waals surface area contributed by atoms with E-state index in [0.717, 1.165) is 0 Å². The highest BCUT2D eigenvalue weighted by Gasteiger charge is 2.61. The van der Waals surface area contributed by atoms with Crippen molar-refractivity contribution in [3.8, 4) is 0 Å². The zero-order valence-electron chi connectivity index (χ0n) is 14.7. The van der Waals surface area contributed by atoms with E-state index in [1.54, 1.807) is 6.92 Å². The third kappa shape index (κ3) is 2.96. The molecule has 1 saturated carbocycles. The fourth-order valence-electron chi connectivity index (χ4n) is 3.33. The molecule has 0 spiro atoms. The molecule has 2 atom stereocenters. The van der Waals surface area contributed by atoms with E-state index in [2.05, 4.69) is 0 Å². The molecule has 0 aliphatic heterocycles. The predicted molar refractivity (Wildman–Crippen MR) is 85.8 cm³/mol. The van der Waals surface area contributed by atoms with Crippen LogP contribution in [0.4, 0.5) is 13.2 Å². The third-order valence-electron chi connectivity index (χ3n) is 5.02. The smallest absolute Gasteiger partial charge is 0.310 e. The Hall–Kier alpha value is -1.78. The Labute approximate surface area is 140 Å². The van der Waals surface area contributed by atoms with E-state index in [-0.39, 0.29) is 40.4 Å². The van der Waals surface area contributed by atoms with E-state index in [4.69, 9.17) is 4.74 Å². The van der Waals surface area contributed by atoms with E-state index in [0.29, 0.717) is 0 Å². The topological polar surface area (TPSA) is 26.3 Å². The maximum atomic E-state index is 14.2. The molecule has 132 valence electrons.